The summed E-state index contributed by atoms with van der Waals surface area (Å²) in [7, 11) is -3.04. The standard InChI is InChI=1S/C22H25N3O4S2/c1-3-29-18-10-8-17(9-11-18)25(12-21(26)23-16-6-4-15(2)5-7-16)22-24-19-13-31(27,28)14-20(19)30-22/h4-11,19-20H,3,12-14H2,1-2H3,(H,23,26)/t19-,20+/m1/s1. The van der Waals surface area contributed by atoms with Crippen LogP contribution in [0.5, 0.6) is 5.75 Å². The number of amides is 1. The SMILES string of the molecule is CCOc1ccc(N(CC(=O)Nc2ccc(C)cc2)C2=N[C@@H]3CS(=O)(=O)C[C@@H]3S2)cc1. The second-order valence-corrected chi connectivity index (χ2v) is 11.0. The van der Waals surface area contributed by atoms with Crippen LogP contribution in [0.4, 0.5) is 11.4 Å². The highest BCUT2D eigenvalue weighted by Crippen LogP contribution is 2.37. The highest BCUT2D eigenvalue weighted by Gasteiger charge is 2.44. The molecule has 1 amide bonds. The van der Waals surface area contributed by atoms with Gasteiger partial charge in [0.25, 0.3) is 0 Å². The number of sulfone groups is 1. The van der Waals surface area contributed by atoms with E-state index in [0.717, 1.165) is 22.7 Å². The predicted octanol–water partition coefficient (Wildman–Crippen LogP) is 3.11. The molecule has 2 heterocycles. The van der Waals surface area contributed by atoms with Crippen molar-refractivity contribution in [1.29, 1.82) is 0 Å². The number of carbonyl (C=O) groups is 1. The van der Waals surface area contributed by atoms with E-state index in [9.17, 15) is 13.2 Å². The van der Waals surface area contributed by atoms with Gasteiger partial charge in [-0.2, -0.15) is 0 Å². The lowest BCUT2D eigenvalue weighted by Gasteiger charge is -2.24. The number of thioether (sulfide) groups is 1. The zero-order valence-corrected chi connectivity index (χ0v) is 19.1. The Morgan fingerprint density at radius 2 is 1.87 bits per heavy atom. The molecule has 1 saturated heterocycles. The number of nitrogens with one attached hydrogen (secondary N) is 1. The monoisotopic (exact) mass is 459 g/mol. The molecule has 31 heavy (non-hydrogen) atoms. The summed E-state index contributed by atoms with van der Waals surface area (Å²) in [6.45, 7) is 4.56. The summed E-state index contributed by atoms with van der Waals surface area (Å²) in [4.78, 5) is 19.3. The van der Waals surface area contributed by atoms with Gasteiger partial charge in [-0.3, -0.25) is 9.79 Å². The molecule has 164 valence electrons. The largest absolute Gasteiger partial charge is 0.494 e. The number of ether oxygens (including phenoxy) is 1. The van der Waals surface area contributed by atoms with Crippen LogP contribution in [0.15, 0.2) is 53.5 Å². The summed E-state index contributed by atoms with van der Waals surface area (Å²) < 4.78 is 29.4. The summed E-state index contributed by atoms with van der Waals surface area (Å²) in [5.41, 5.74) is 2.65. The quantitative estimate of drug-likeness (QED) is 0.714. The van der Waals surface area contributed by atoms with Crippen molar-refractivity contribution in [2.75, 3.05) is 34.9 Å². The van der Waals surface area contributed by atoms with Crippen LogP contribution in [0.25, 0.3) is 0 Å². The van der Waals surface area contributed by atoms with E-state index < -0.39 is 9.84 Å². The van der Waals surface area contributed by atoms with Crippen LogP contribution >= 0.6 is 11.8 Å². The Labute approximate surface area is 186 Å². The third-order valence-corrected chi connectivity index (χ3v) is 8.38. The Hall–Kier alpha value is -2.52. The van der Waals surface area contributed by atoms with E-state index in [1.807, 2.05) is 67.3 Å². The number of hydrogen-bond acceptors (Lipinski definition) is 7. The molecule has 9 heteroatoms. The van der Waals surface area contributed by atoms with E-state index in [-0.39, 0.29) is 35.2 Å². The van der Waals surface area contributed by atoms with Crippen molar-refractivity contribution >= 4 is 44.0 Å². The van der Waals surface area contributed by atoms with Gasteiger partial charge in [0.05, 0.1) is 24.2 Å². The summed E-state index contributed by atoms with van der Waals surface area (Å²) in [5.74, 6) is 0.771. The van der Waals surface area contributed by atoms with E-state index in [1.165, 1.54) is 11.8 Å². The Morgan fingerprint density at radius 3 is 2.52 bits per heavy atom. The molecule has 1 N–H and O–H groups in total. The number of benzene rings is 2. The van der Waals surface area contributed by atoms with E-state index in [1.54, 1.807) is 0 Å². The van der Waals surface area contributed by atoms with Gasteiger partial charge >= 0.3 is 0 Å². The van der Waals surface area contributed by atoms with Gasteiger partial charge in [0.2, 0.25) is 5.91 Å². The van der Waals surface area contributed by atoms with Crippen LogP contribution in [-0.2, 0) is 14.6 Å². The average Bonchev–Trinajstić information content (AvgIpc) is 3.22. The molecule has 4 rings (SSSR count). The summed E-state index contributed by atoms with van der Waals surface area (Å²) in [6.07, 6.45) is 0. The number of anilines is 2. The van der Waals surface area contributed by atoms with E-state index in [4.69, 9.17) is 4.74 Å². The van der Waals surface area contributed by atoms with Crippen LogP contribution in [0.1, 0.15) is 12.5 Å². The molecule has 2 aromatic rings. The fraction of sp³-hybridized carbons (Fsp3) is 0.364. The maximum Gasteiger partial charge on any atom is 0.244 e. The highest BCUT2D eigenvalue weighted by molar-refractivity contribution is 8.15. The zero-order chi connectivity index (χ0) is 22.0. The molecule has 2 atom stereocenters. The first-order chi connectivity index (χ1) is 14.8. The van der Waals surface area contributed by atoms with Gasteiger partial charge in [0.1, 0.15) is 12.3 Å². The van der Waals surface area contributed by atoms with Gasteiger partial charge in [0, 0.05) is 16.6 Å². The summed E-state index contributed by atoms with van der Waals surface area (Å²) in [6, 6.07) is 14.9. The molecular weight excluding hydrogens is 434 g/mol. The van der Waals surface area contributed by atoms with Crippen LogP contribution in [0.3, 0.4) is 0 Å². The molecule has 0 unspecified atom stereocenters. The van der Waals surface area contributed by atoms with Gasteiger partial charge in [-0.15, -0.1) is 0 Å². The minimum Gasteiger partial charge on any atom is -0.494 e. The third-order valence-electron chi connectivity index (χ3n) is 5.13. The number of rotatable bonds is 6. The van der Waals surface area contributed by atoms with Crippen molar-refractivity contribution < 1.29 is 17.9 Å². The number of nitrogens with zero attached hydrogens (tertiary/aromatic N) is 2. The van der Waals surface area contributed by atoms with Crippen molar-refractivity contribution in [3.8, 4) is 5.75 Å². The zero-order valence-electron chi connectivity index (χ0n) is 17.4. The highest BCUT2D eigenvalue weighted by atomic mass is 32.2. The van der Waals surface area contributed by atoms with Gasteiger partial charge in [-0.1, -0.05) is 29.5 Å². The first-order valence-corrected chi connectivity index (χ1v) is 12.8. The lowest BCUT2D eigenvalue weighted by Crippen LogP contribution is -2.36. The minimum absolute atomic E-state index is 0.0693. The lowest BCUT2D eigenvalue weighted by atomic mass is 10.2. The summed E-state index contributed by atoms with van der Waals surface area (Å²) in [5, 5.41) is 3.50. The van der Waals surface area contributed by atoms with E-state index >= 15 is 0 Å². The minimum atomic E-state index is -3.04. The second kappa shape index (κ2) is 8.92. The maximum atomic E-state index is 12.8. The summed E-state index contributed by atoms with van der Waals surface area (Å²) >= 11 is 1.44. The topological polar surface area (TPSA) is 88.1 Å². The van der Waals surface area contributed by atoms with Gasteiger partial charge in [0.15, 0.2) is 15.0 Å². The third kappa shape index (κ3) is 5.22. The number of amidine groups is 1. The van der Waals surface area contributed by atoms with Crippen molar-refractivity contribution in [3.05, 3.63) is 54.1 Å². The van der Waals surface area contributed by atoms with E-state index in [2.05, 4.69) is 10.3 Å². The lowest BCUT2D eigenvalue weighted by molar-refractivity contribution is -0.114. The normalized spacial score (nSPS) is 21.3. The molecule has 2 aromatic carbocycles. The molecule has 0 bridgehead atoms. The fourth-order valence-corrected chi connectivity index (χ4v) is 7.39. The predicted molar refractivity (Wildman–Crippen MR) is 126 cm³/mol. The maximum absolute atomic E-state index is 12.8. The number of aryl methyl sites for hydroxylation is 1. The van der Waals surface area contributed by atoms with Crippen LogP contribution in [0.2, 0.25) is 0 Å². The number of hydrogen-bond donors (Lipinski definition) is 1. The van der Waals surface area contributed by atoms with Crippen molar-refractivity contribution in [3.63, 3.8) is 0 Å². The second-order valence-electron chi connectivity index (χ2n) is 7.64. The molecular formula is C22H25N3O4S2. The van der Waals surface area contributed by atoms with Crippen molar-refractivity contribution in [2.45, 2.75) is 25.1 Å². The first-order valence-electron chi connectivity index (χ1n) is 10.1. The first kappa shape index (κ1) is 21.7. The van der Waals surface area contributed by atoms with Crippen molar-refractivity contribution in [1.82, 2.24) is 0 Å². The Morgan fingerprint density at radius 1 is 1.16 bits per heavy atom. The Balaban J connectivity index is 1.55. The fourth-order valence-electron chi connectivity index (χ4n) is 3.61. The van der Waals surface area contributed by atoms with Crippen molar-refractivity contribution in [2.24, 2.45) is 4.99 Å². The van der Waals surface area contributed by atoms with Crippen LogP contribution in [0, 0.1) is 6.92 Å². The number of carbonyl (C=O) groups excluding carboxylic acids is 1. The van der Waals surface area contributed by atoms with Gasteiger partial charge in [-0.25, -0.2) is 8.42 Å². The molecule has 7 nitrogen and oxygen atoms in total. The number of fused-ring (bicyclic) bond motifs is 1. The molecule has 2 aliphatic heterocycles. The van der Waals surface area contributed by atoms with Crippen LogP contribution in [-0.4, -0.2) is 55.4 Å². The van der Waals surface area contributed by atoms with Gasteiger partial charge in [-0.05, 0) is 50.2 Å². The molecule has 2 aliphatic rings. The molecule has 0 spiro atoms. The molecule has 0 radical (unpaired) electrons. The molecule has 0 saturated carbocycles. The Kier molecular flexibility index (Phi) is 6.24. The smallest absolute Gasteiger partial charge is 0.244 e. The Bertz CT molecular complexity index is 1080. The van der Waals surface area contributed by atoms with E-state index in [0.29, 0.717) is 11.8 Å². The van der Waals surface area contributed by atoms with Crippen LogP contribution < -0.4 is 15.0 Å². The average molecular weight is 460 g/mol. The molecule has 0 aromatic heterocycles. The van der Waals surface area contributed by atoms with Gasteiger partial charge < -0.3 is 15.0 Å². The molecule has 1 fully saturated rings. The number of aliphatic imine (C=N–C) groups is 1. The molecule has 0 aliphatic carbocycles.